The quantitative estimate of drug-likeness (QED) is 0.846. The van der Waals surface area contributed by atoms with E-state index in [4.69, 9.17) is 16.3 Å². The number of halogens is 1. The van der Waals surface area contributed by atoms with Crippen LogP contribution >= 0.6 is 11.6 Å². The minimum absolute atomic E-state index is 0.0456. The average molecular weight is 297 g/mol. The van der Waals surface area contributed by atoms with Crippen molar-refractivity contribution >= 4 is 17.5 Å². The Morgan fingerprint density at radius 3 is 3.10 bits per heavy atom. The summed E-state index contributed by atoms with van der Waals surface area (Å²) in [5, 5.41) is 6.91. The van der Waals surface area contributed by atoms with Crippen molar-refractivity contribution in [2.24, 2.45) is 5.92 Å². The monoisotopic (exact) mass is 296 g/mol. The summed E-state index contributed by atoms with van der Waals surface area (Å²) in [6, 6.07) is 5.38. The van der Waals surface area contributed by atoms with Crippen LogP contribution in [-0.2, 0) is 4.79 Å². The minimum atomic E-state index is -0.0800. The smallest absolute Gasteiger partial charge is 0.257 e. The Morgan fingerprint density at radius 2 is 2.40 bits per heavy atom. The second kappa shape index (κ2) is 7.50. The number of nitrogens with one attached hydrogen (secondary N) is 2. The Bertz CT molecular complexity index is 459. The van der Waals surface area contributed by atoms with Crippen molar-refractivity contribution in [1.29, 1.82) is 0 Å². The highest BCUT2D eigenvalue weighted by Gasteiger charge is 2.14. The van der Waals surface area contributed by atoms with E-state index >= 15 is 0 Å². The highest BCUT2D eigenvalue weighted by Crippen LogP contribution is 2.20. The van der Waals surface area contributed by atoms with Crippen LogP contribution in [0.4, 0.5) is 0 Å². The number of hydrogen-bond acceptors (Lipinski definition) is 3. The Kier molecular flexibility index (Phi) is 5.68. The zero-order valence-corrected chi connectivity index (χ0v) is 12.5. The van der Waals surface area contributed by atoms with Crippen LogP contribution in [-0.4, -0.2) is 32.1 Å². The Balaban J connectivity index is 1.65. The van der Waals surface area contributed by atoms with Gasteiger partial charge >= 0.3 is 0 Å². The SMILES string of the molecule is Cc1cc(OCC(=O)NCCC2CCNC2)ccc1Cl. The van der Waals surface area contributed by atoms with Gasteiger partial charge in [-0.2, -0.15) is 0 Å². The molecule has 1 aliphatic heterocycles. The zero-order chi connectivity index (χ0) is 14.4. The van der Waals surface area contributed by atoms with Crippen molar-refractivity contribution in [2.75, 3.05) is 26.2 Å². The number of aryl methyl sites for hydroxylation is 1. The summed E-state index contributed by atoms with van der Waals surface area (Å²) in [4.78, 5) is 11.7. The van der Waals surface area contributed by atoms with Crippen LogP contribution < -0.4 is 15.4 Å². The van der Waals surface area contributed by atoms with Crippen LogP contribution in [0.15, 0.2) is 18.2 Å². The summed E-state index contributed by atoms with van der Waals surface area (Å²) in [5.74, 6) is 1.28. The lowest BCUT2D eigenvalue weighted by Gasteiger charge is -2.10. The van der Waals surface area contributed by atoms with E-state index in [1.807, 2.05) is 13.0 Å². The highest BCUT2D eigenvalue weighted by molar-refractivity contribution is 6.31. The maximum absolute atomic E-state index is 11.7. The van der Waals surface area contributed by atoms with Gasteiger partial charge in [-0.3, -0.25) is 4.79 Å². The predicted octanol–water partition coefficient (Wildman–Crippen LogP) is 2.14. The molecule has 20 heavy (non-hydrogen) atoms. The molecule has 1 fully saturated rings. The minimum Gasteiger partial charge on any atom is -0.484 e. The summed E-state index contributed by atoms with van der Waals surface area (Å²) in [5.41, 5.74) is 0.943. The van der Waals surface area contributed by atoms with Crippen molar-refractivity contribution in [2.45, 2.75) is 19.8 Å². The Hall–Kier alpha value is -1.26. The van der Waals surface area contributed by atoms with Gasteiger partial charge in [-0.25, -0.2) is 0 Å². The summed E-state index contributed by atoms with van der Waals surface area (Å²) < 4.78 is 5.44. The number of rotatable bonds is 6. The molecular formula is C15H21ClN2O2. The first-order valence-electron chi connectivity index (χ1n) is 7.01. The molecular weight excluding hydrogens is 276 g/mol. The summed E-state index contributed by atoms with van der Waals surface area (Å²) in [7, 11) is 0. The lowest BCUT2D eigenvalue weighted by molar-refractivity contribution is -0.123. The van der Waals surface area contributed by atoms with Crippen molar-refractivity contribution < 1.29 is 9.53 Å². The van der Waals surface area contributed by atoms with Crippen LogP contribution in [0.2, 0.25) is 5.02 Å². The number of amides is 1. The van der Waals surface area contributed by atoms with Gasteiger partial charge in [0, 0.05) is 11.6 Å². The molecule has 1 aromatic carbocycles. The van der Waals surface area contributed by atoms with Gasteiger partial charge in [0.1, 0.15) is 5.75 Å². The molecule has 2 rings (SSSR count). The molecule has 0 aliphatic carbocycles. The van der Waals surface area contributed by atoms with Crippen LogP contribution in [0.25, 0.3) is 0 Å². The molecule has 1 heterocycles. The average Bonchev–Trinajstić information content (AvgIpc) is 2.93. The summed E-state index contributed by atoms with van der Waals surface area (Å²) in [6.45, 7) is 4.83. The van der Waals surface area contributed by atoms with E-state index in [0.717, 1.165) is 25.1 Å². The summed E-state index contributed by atoms with van der Waals surface area (Å²) >= 11 is 5.93. The maximum Gasteiger partial charge on any atom is 0.257 e. The lowest BCUT2D eigenvalue weighted by Crippen LogP contribution is -2.30. The lowest BCUT2D eigenvalue weighted by atomic mass is 10.1. The number of carbonyl (C=O) groups excluding carboxylic acids is 1. The molecule has 0 radical (unpaired) electrons. The molecule has 1 aliphatic rings. The van der Waals surface area contributed by atoms with Crippen molar-refractivity contribution in [3.63, 3.8) is 0 Å². The fraction of sp³-hybridized carbons (Fsp3) is 0.533. The van der Waals surface area contributed by atoms with Crippen LogP contribution in [0.5, 0.6) is 5.75 Å². The van der Waals surface area contributed by atoms with Crippen molar-refractivity contribution in [3.05, 3.63) is 28.8 Å². The van der Waals surface area contributed by atoms with Gasteiger partial charge in [0.15, 0.2) is 6.61 Å². The zero-order valence-electron chi connectivity index (χ0n) is 11.7. The molecule has 1 amide bonds. The molecule has 110 valence electrons. The van der Waals surface area contributed by atoms with E-state index < -0.39 is 0 Å². The molecule has 4 nitrogen and oxygen atoms in total. The Labute approximate surface area is 124 Å². The van der Waals surface area contributed by atoms with E-state index in [1.165, 1.54) is 6.42 Å². The third-order valence-corrected chi connectivity index (χ3v) is 3.96. The molecule has 0 aromatic heterocycles. The molecule has 0 saturated carbocycles. The third kappa shape index (κ3) is 4.69. The van der Waals surface area contributed by atoms with Gasteiger partial charge in [-0.15, -0.1) is 0 Å². The fourth-order valence-electron chi connectivity index (χ4n) is 2.28. The first kappa shape index (κ1) is 15.1. The first-order chi connectivity index (χ1) is 9.65. The van der Waals surface area contributed by atoms with Crippen molar-refractivity contribution in [1.82, 2.24) is 10.6 Å². The van der Waals surface area contributed by atoms with E-state index in [-0.39, 0.29) is 12.5 Å². The normalized spacial score (nSPS) is 18.0. The standard InChI is InChI=1S/C15H21ClN2O2/c1-11-8-13(2-3-14(11)16)20-10-15(19)18-7-5-12-4-6-17-9-12/h2-3,8,12,17H,4-7,9-10H2,1H3,(H,18,19). The molecule has 1 unspecified atom stereocenters. The van der Waals surface area contributed by atoms with Gasteiger partial charge in [0.05, 0.1) is 0 Å². The van der Waals surface area contributed by atoms with Gasteiger partial charge in [-0.1, -0.05) is 11.6 Å². The van der Waals surface area contributed by atoms with E-state index in [0.29, 0.717) is 23.2 Å². The fourth-order valence-corrected chi connectivity index (χ4v) is 2.40. The van der Waals surface area contributed by atoms with E-state index in [1.54, 1.807) is 12.1 Å². The largest absolute Gasteiger partial charge is 0.484 e. The predicted molar refractivity (Wildman–Crippen MR) is 80.3 cm³/mol. The molecule has 1 atom stereocenters. The molecule has 5 heteroatoms. The van der Waals surface area contributed by atoms with Crippen LogP contribution in [0.3, 0.4) is 0 Å². The van der Waals surface area contributed by atoms with E-state index in [2.05, 4.69) is 10.6 Å². The first-order valence-corrected chi connectivity index (χ1v) is 7.39. The van der Waals surface area contributed by atoms with E-state index in [9.17, 15) is 4.79 Å². The number of benzene rings is 1. The van der Waals surface area contributed by atoms with Crippen molar-refractivity contribution in [3.8, 4) is 5.75 Å². The number of carbonyl (C=O) groups is 1. The van der Waals surface area contributed by atoms with Gasteiger partial charge in [0.25, 0.3) is 5.91 Å². The van der Waals surface area contributed by atoms with Gasteiger partial charge < -0.3 is 15.4 Å². The summed E-state index contributed by atoms with van der Waals surface area (Å²) in [6.07, 6.45) is 2.23. The maximum atomic E-state index is 11.7. The number of ether oxygens (including phenoxy) is 1. The number of hydrogen-bond donors (Lipinski definition) is 2. The third-order valence-electron chi connectivity index (χ3n) is 3.54. The second-order valence-corrected chi connectivity index (χ2v) is 5.60. The van der Waals surface area contributed by atoms with Crippen LogP contribution in [0.1, 0.15) is 18.4 Å². The molecule has 0 bridgehead atoms. The molecule has 2 N–H and O–H groups in total. The van der Waals surface area contributed by atoms with Gasteiger partial charge in [-0.05, 0) is 62.5 Å². The highest BCUT2D eigenvalue weighted by atomic mass is 35.5. The van der Waals surface area contributed by atoms with Crippen LogP contribution in [0, 0.1) is 12.8 Å². The molecule has 1 aromatic rings. The molecule has 1 saturated heterocycles. The van der Waals surface area contributed by atoms with Gasteiger partial charge in [0.2, 0.25) is 0 Å². The molecule has 0 spiro atoms. The Morgan fingerprint density at radius 1 is 1.55 bits per heavy atom. The topological polar surface area (TPSA) is 50.4 Å². The second-order valence-electron chi connectivity index (χ2n) is 5.20.